The predicted molar refractivity (Wildman–Crippen MR) is 39.6 cm³/mol. The lowest BCUT2D eigenvalue weighted by Crippen LogP contribution is -2.41. The van der Waals surface area contributed by atoms with Crippen LogP contribution in [-0.2, 0) is 9.53 Å². The summed E-state index contributed by atoms with van der Waals surface area (Å²) < 4.78 is 5.48. The number of amides is 1. The second kappa shape index (κ2) is 1.78. The van der Waals surface area contributed by atoms with E-state index in [2.05, 4.69) is 5.32 Å². The standard InChI is InChI=1S/C8H11NO2/c1-5-6(2)11-8(3-4-8)7(10)9-5/h3-4H2,1-2H3,(H,9,10). The molecule has 0 atom stereocenters. The van der Waals surface area contributed by atoms with Crippen LogP contribution >= 0.6 is 0 Å². The summed E-state index contributed by atoms with van der Waals surface area (Å²) in [4.78, 5) is 11.3. The van der Waals surface area contributed by atoms with Crippen molar-refractivity contribution in [2.75, 3.05) is 0 Å². The number of carbonyl (C=O) groups is 1. The van der Waals surface area contributed by atoms with Gasteiger partial charge in [0, 0.05) is 12.8 Å². The Labute approximate surface area is 65.4 Å². The van der Waals surface area contributed by atoms with Crippen molar-refractivity contribution in [1.29, 1.82) is 0 Å². The van der Waals surface area contributed by atoms with E-state index in [1.54, 1.807) is 0 Å². The van der Waals surface area contributed by atoms with Crippen LogP contribution < -0.4 is 5.32 Å². The van der Waals surface area contributed by atoms with Gasteiger partial charge in [-0.3, -0.25) is 4.79 Å². The van der Waals surface area contributed by atoms with Crippen molar-refractivity contribution >= 4 is 5.91 Å². The minimum Gasteiger partial charge on any atom is -0.480 e. The van der Waals surface area contributed by atoms with Gasteiger partial charge in [-0.25, -0.2) is 0 Å². The number of allylic oxidation sites excluding steroid dienone is 2. The fourth-order valence-electron chi connectivity index (χ4n) is 1.23. The molecule has 0 radical (unpaired) electrons. The van der Waals surface area contributed by atoms with Crippen LogP contribution in [-0.4, -0.2) is 11.5 Å². The molecule has 1 saturated carbocycles. The largest absolute Gasteiger partial charge is 0.480 e. The van der Waals surface area contributed by atoms with Crippen molar-refractivity contribution in [1.82, 2.24) is 5.32 Å². The molecule has 1 N–H and O–H groups in total. The monoisotopic (exact) mass is 153 g/mol. The molecular weight excluding hydrogens is 142 g/mol. The van der Waals surface area contributed by atoms with Crippen molar-refractivity contribution in [3.05, 3.63) is 11.5 Å². The normalized spacial score (nSPS) is 26.5. The van der Waals surface area contributed by atoms with Crippen LogP contribution in [0.3, 0.4) is 0 Å². The number of ether oxygens (including phenoxy) is 1. The molecule has 0 unspecified atom stereocenters. The maximum Gasteiger partial charge on any atom is 0.268 e. The van der Waals surface area contributed by atoms with Gasteiger partial charge in [-0.2, -0.15) is 0 Å². The number of hydrogen-bond acceptors (Lipinski definition) is 2. The summed E-state index contributed by atoms with van der Waals surface area (Å²) in [5.74, 6) is 0.878. The summed E-state index contributed by atoms with van der Waals surface area (Å²) in [6, 6.07) is 0. The molecule has 2 aliphatic rings. The van der Waals surface area contributed by atoms with Gasteiger partial charge in [-0.05, 0) is 13.8 Å². The van der Waals surface area contributed by atoms with E-state index in [0.717, 1.165) is 24.3 Å². The van der Waals surface area contributed by atoms with E-state index in [4.69, 9.17) is 4.74 Å². The molecule has 1 amide bonds. The van der Waals surface area contributed by atoms with Gasteiger partial charge >= 0.3 is 0 Å². The van der Waals surface area contributed by atoms with Gasteiger partial charge in [0.25, 0.3) is 5.91 Å². The van der Waals surface area contributed by atoms with Crippen LogP contribution in [0.5, 0.6) is 0 Å². The molecule has 3 nitrogen and oxygen atoms in total. The van der Waals surface area contributed by atoms with Crippen molar-refractivity contribution in [3.63, 3.8) is 0 Å². The first kappa shape index (κ1) is 6.70. The lowest BCUT2D eigenvalue weighted by Gasteiger charge is -2.25. The predicted octanol–water partition coefficient (Wildman–Crippen LogP) is 0.917. The molecule has 1 fully saturated rings. The summed E-state index contributed by atoms with van der Waals surface area (Å²) in [6.45, 7) is 3.73. The Morgan fingerprint density at radius 1 is 1.45 bits per heavy atom. The number of rotatable bonds is 0. The highest BCUT2D eigenvalue weighted by Crippen LogP contribution is 2.43. The molecule has 0 aromatic heterocycles. The van der Waals surface area contributed by atoms with Gasteiger partial charge < -0.3 is 10.1 Å². The molecular formula is C8H11NO2. The third kappa shape index (κ3) is 0.836. The Morgan fingerprint density at radius 3 is 2.64 bits per heavy atom. The summed E-state index contributed by atoms with van der Waals surface area (Å²) >= 11 is 0. The minimum absolute atomic E-state index is 0.0283. The Balaban J connectivity index is 2.29. The van der Waals surface area contributed by atoms with E-state index in [0.29, 0.717) is 0 Å². The molecule has 1 aliphatic heterocycles. The van der Waals surface area contributed by atoms with Crippen LogP contribution in [0.25, 0.3) is 0 Å². The highest BCUT2D eigenvalue weighted by atomic mass is 16.5. The molecule has 1 heterocycles. The molecule has 0 aromatic rings. The molecule has 0 aromatic carbocycles. The van der Waals surface area contributed by atoms with Crippen LogP contribution in [0.4, 0.5) is 0 Å². The molecule has 1 spiro atoms. The molecule has 0 saturated heterocycles. The molecule has 11 heavy (non-hydrogen) atoms. The summed E-state index contributed by atoms with van der Waals surface area (Å²) in [6.07, 6.45) is 1.73. The van der Waals surface area contributed by atoms with Crippen LogP contribution in [0.15, 0.2) is 11.5 Å². The van der Waals surface area contributed by atoms with Gasteiger partial charge in [-0.15, -0.1) is 0 Å². The van der Waals surface area contributed by atoms with Crippen molar-refractivity contribution in [3.8, 4) is 0 Å². The van der Waals surface area contributed by atoms with Crippen LogP contribution in [0, 0.1) is 0 Å². The Kier molecular flexibility index (Phi) is 1.09. The average molecular weight is 153 g/mol. The topological polar surface area (TPSA) is 38.3 Å². The summed E-state index contributed by atoms with van der Waals surface area (Å²) in [5.41, 5.74) is 0.372. The fraction of sp³-hybridized carbons (Fsp3) is 0.625. The second-order valence-corrected chi connectivity index (χ2v) is 3.23. The van der Waals surface area contributed by atoms with E-state index in [1.165, 1.54) is 0 Å². The molecule has 1 aliphatic carbocycles. The molecule has 0 bridgehead atoms. The zero-order chi connectivity index (χ0) is 8.06. The first-order chi connectivity index (χ1) is 5.14. The molecule has 2 rings (SSSR count). The summed E-state index contributed by atoms with van der Waals surface area (Å²) in [7, 11) is 0. The van der Waals surface area contributed by atoms with Crippen molar-refractivity contribution in [2.45, 2.75) is 32.3 Å². The van der Waals surface area contributed by atoms with E-state index in [9.17, 15) is 4.79 Å². The minimum atomic E-state index is -0.469. The average Bonchev–Trinajstić information content (AvgIpc) is 2.66. The summed E-state index contributed by atoms with van der Waals surface area (Å²) in [5, 5.41) is 2.80. The molecule has 60 valence electrons. The maximum atomic E-state index is 11.3. The van der Waals surface area contributed by atoms with Crippen molar-refractivity contribution < 1.29 is 9.53 Å². The first-order valence-corrected chi connectivity index (χ1v) is 3.82. The van der Waals surface area contributed by atoms with Gasteiger partial charge in [0.05, 0.1) is 5.70 Å². The Bertz CT molecular complexity index is 251. The van der Waals surface area contributed by atoms with Gasteiger partial charge in [0.15, 0.2) is 5.60 Å². The van der Waals surface area contributed by atoms with E-state index < -0.39 is 5.60 Å². The lowest BCUT2D eigenvalue weighted by atomic mass is 10.2. The third-order valence-electron chi connectivity index (χ3n) is 2.30. The van der Waals surface area contributed by atoms with Crippen LogP contribution in [0.1, 0.15) is 26.7 Å². The van der Waals surface area contributed by atoms with Gasteiger partial charge in [0.2, 0.25) is 0 Å². The highest BCUT2D eigenvalue weighted by molar-refractivity contribution is 5.90. The number of carbonyl (C=O) groups excluding carboxylic acids is 1. The van der Waals surface area contributed by atoms with E-state index >= 15 is 0 Å². The van der Waals surface area contributed by atoms with Crippen LogP contribution in [0.2, 0.25) is 0 Å². The van der Waals surface area contributed by atoms with Crippen molar-refractivity contribution in [2.24, 2.45) is 0 Å². The SMILES string of the molecule is CC1=C(C)OC2(CC2)C(=O)N1. The Hall–Kier alpha value is -0.990. The number of hydrogen-bond donors (Lipinski definition) is 1. The van der Waals surface area contributed by atoms with E-state index in [1.807, 2.05) is 13.8 Å². The Morgan fingerprint density at radius 2 is 2.09 bits per heavy atom. The zero-order valence-corrected chi connectivity index (χ0v) is 6.73. The third-order valence-corrected chi connectivity index (χ3v) is 2.30. The maximum absolute atomic E-state index is 11.3. The molecule has 3 heteroatoms. The van der Waals surface area contributed by atoms with E-state index in [-0.39, 0.29) is 5.91 Å². The number of nitrogens with one attached hydrogen (secondary N) is 1. The smallest absolute Gasteiger partial charge is 0.268 e. The fourth-order valence-corrected chi connectivity index (χ4v) is 1.23. The van der Waals surface area contributed by atoms with Gasteiger partial charge in [0.1, 0.15) is 5.76 Å². The lowest BCUT2D eigenvalue weighted by molar-refractivity contribution is -0.134. The second-order valence-electron chi connectivity index (χ2n) is 3.23. The quantitative estimate of drug-likeness (QED) is 0.562. The first-order valence-electron chi connectivity index (χ1n) is 3.82. The zero-order valence-electron chi connectivity index (χ0n) is 6.73. The van der Waals surface area contributed by atoms with Gasteiger partial charge in [-0.1, -0.05) is 0 Å². The highest BCUT2D eigenvalue weighted by Gasteiger charge is 2.54.